The molecule has 2 aliphatic rings. The smallest absolute Gasteiger partial charge is 0.249 e. The standard InChI is InChI=1S/C16H17N3O2/c20-14-9-8-13(16-17-15(18-21-16)12-6-7-12)19(14)10-11-4-2-1-3-5-11/h1-5,12-13H,6-10H2/t13-/m1/s1. The Labute approximate surface area is 123 Å². The summed E-state index contributed by atoms with van der Waals surface area (Å²) in [6.45, 7) is 0.603. The van der Waals surface area contributed by atoms with Crippen molar-refractivity contribution in [1.82, 2.24) is 15.0 Å². The maximum Gasteiger partial charge on any atom is 0.249 e. The minimum absolute atomic E-state index is 0.0716. The zero-order chi connectivity index (χ0) is 14.2. The Morgan fingerprint density at radius 1 is 1.19 bits per heavy atom. The van der Waals surface area contributed by atoms with E-state index in [0.29, 0.717) is 24.8 Å². The van der Waals surface area contributed by atoms with Crippen molar-refractivity contribution in [2.45, 2.75) is 44.2 Å². The van der Waals surface area contributed by atoms with Gasteiger partial charge >= 0.3 is 0 Å². The van der Waals surface area contributed by atoms with Crippen LogP contribution in [0.15, 0.2) is 34.9 Å². The highest BCUT2D eigenvalue weighted by Crippen LogP contribution is 2.40. The molecule has 1 aromatic heterocycles. The Morgan fingerprint density at radius 2 is 2.00 bits per heavy atom. The Bertz CT molecular complexity index is 649. The van der Waals surface area contributed by atoms with Crippen LogP contribution in [0.25, 0.3) is 0 Å². The first-order valence-corrected chi connectivity index (χ1v) is 7.48. The van der Waals surface area contributed by atoms with E-state index in [9.17, 15) is 4.79 Å². The molecule has 1 aliphatic heterocycles. The van der Waals surface area contributed by atoms with E-state index in [4.69, 9.17) is 4.52 Å². The second kappa shape index (κ2) is 4.98. The quantitative estimate of drug-likeness (QED) is 0.865. The van der Waals surface area contributed by atoms with Gasteiger partial charge in [-0.15, -0.1) is 0 Å². The number of hydrogen-bond acceptors (Lipinski definition) is 4. The summed E-state index contributed by atoms with van der Waals surface area (Å²) in [6, 6.07) is 9.95. The van der Waals surface area contributed by atoms with Crippen LogP contribution in [0.1, 0.15) is 54.9 Å². The van der Waals surface area contributed by atoms with Gasteiger partial charge in [-0.1, -0.05) is 35.5 Å². The molecule has 1 saturated carbocycles. The van der Waals surface area contributed by atoms with E-state index >= 15 is 0 Å². The second-order valence-electron chi connectivity index (χ2n) is 5.83. The van der Waals surface area contributed by atoms with Gasteiger partial charge in [-0.25, -0.2) is 0 Å². The number of benzene rings is 1. The van der Waals surface area contributed by atoms with Crippen LogP contribution in [0.4, 0.5) is 0 Å². The molecule has 1 aliphatic carbocycles. The van der Waals surface area contributed by atoms with Crippen molar-refractivity contribution in [2.75, 3.05) is 0 Å². The van der Waals surface area contributed by atoms with Crippen LogP contribution in [-0.4, -0.2) is 20.9 Å². The van der Waals surface area contributed by atoms with Crippen LogP contribution in [0, 0.1) is 0 Å². The number of hydrogen-bond donors (Lipinski definition) is 0. The van der Waals surface area contributed by atoms with Crippen molar-refractivity contribution in [1.29, 1.82) is 0 Å². The third kappa shape index (κ3) is 2.44. The van der Waals surface area contributed by atoms with Crippen molar-refractivity contribution in [3.63, 3.8) is 0 Å². The Morgan fingerprint density at radius 3 is 2.76 bits per heavy atom. The van der Waals surface area contributed by atoms with Gasteiger partial charge in [0.25, 0.3) is 0 Å². The summed E-state index contributed by atoms with van der Waals surface area (Å²) in [5, 5.41) is 4.07. The molecule has 108 valence electrons. The van der Waals surface area contributed by atoms with E-state index < -0.39 is 0 Å². The van der Waals surface area contributed by atoms with Crippen molar-refractivity contribution in [3.8, 4) is 0 Å². The fourth-order valence-electron chi connectivity index (χ4n) is 2.86. The summed E-state index contributed by atoms with van der Waals surface area (Å²) in [6.07, 6.45) is 3.61. The zero-order valence-corrected chi connectivity index (χ0v) is 11.7. The average molecular weight is 283 g/mol. The summed E-state index contributed by atoms with van der Waals surface area (Å²) >= 11 is 0. The maximum absolute atomic E-state index is 12.2. The van der Waals surface area contributed by atoms with Gasteiger partial charge in [-0.3, -0.25) is 4.79 Å². The summed E-state index contributed by atoms with van der Waals surface area (Å²) in [7, 11) is 0. The van der Waals surface area contributed by atoms with Gasteiger partial charge in [0, 0.05) is 18.9 Å². The molecule has 21 heavy (non-hydrogen) atoms. The van der Waals surface area contributed by atoms with Crippen LogP contribution in [0.5, 0.6) is 0 Å². The van der Waals surface area contributed by atoms with Gasteiger partial charge < -0.3 is 9.42 Å². The molecule has 0 spiro atoms. The fraction of sp³-hybridized carbons (Fsp3) is 0.438. The SMILES string of the molecule is O=C1CC[C@H](c2nc(C3CC3)no2)N1Cc1ccccc1. The average Bonchev–Trinajstić information content (AvgIpc) is 3.14. The number of carbonyl (C=O) groups is 1. The molecule has 5 heteroatoms. The molecule has 1 aromatic carbocycles. The van der Waals surface area contributed by atoms with E-state index in [0.717, 1.165) is 30.7 Å². The van der Waals surface area contributed by atoms with Crippen molar-refractivity contribution < 1.29 is 9.32 Å². The van der Waals surface area contributed by atoms with Crippen LogP contribution >= 0.6 is 0 Å². The lowest BCUT2D eigenvalue weighted by Gasteiger charge is -2.22. The van der Waals surface area contributed by atoms with Crippen molar-refractivity contribution >= 4 is 5.91 Å². The third-order valence-electron chi connectivity index (χ3n) is 4.21. The van der Waals surface area contributed by atoms with Gasteiger partial charge in [0.15, 0.2) is 5.82 Å². The number of nitrogens with zero attached hydrogens (tertiary/aromatic N) is 3. The molecule has 2 fully saturated rings. The summed E-state index contributed by atoms with van der Waals surface area (Å²) in [5.74, 6) is 2.04. The van der Waals surface area contributed by atoms with E-state index in [1.54, 1.807) is 0 Å². The van der Waals surface area contributed by atoms with E-state index in [-0.39, 0.29) is 11.9 Å². The molecule has 1 atom stereocenters. The first-order valence-electron chi connectivity index (χ1n) is 7.48. The lowest BCUT2D eigenvalue weighted by Crippen LogP contribution is -2.27. The van der Waals surface area contributed by atoms with Crippen LogP contribution in [-0.2, 0) is 11.3 Å². The van der Waals surface area contributed by atoms with Crippen LogP contribution < -0.4 is 0 Å². The Hall–Kier alpha value is -2.17. The highest BCUT2D eigenvalue weighted by atomic mass is 16.5. The van der Waals surface area contributed by atoms with Gasteiger partial charge in [0.2, 0.25) is 11.8 Å². The molecule has 1 saturated heterocycles. The van der Waals surface area contributed by atoms with Crippen molar-refractivity contribution in [2.24, 2.45) is 0 Å². The first-order chi connectivity index (χ1) is 10.3. The largest absolute Gasteiger partial charge is 0.337 e. The number of carbonyl (C=O) groups excluding carboxylic acids is 1. The number of amides is 1. The minimum atomic E-state index is -0.0716. The van der Waals surface area contributed by atoms with E-state index in [1.165, 1.54) is 0 Å². The molecule has 0 radical (unpaired) electrons. The summed E-state index contributed by atoms with van der Waals surface area (Å²) in [5.41, 5.74) is 1.12. The normalized spacial score (nSPS) is 22.0. The first kappa shape index (κ1) is 12.6. The van der Waals surface area contributed by atoms with Gasteiger partial charge in [0.05, 0.1) is 0 Å². The van der Waals surface area contributed by atoms with Gasteiger partial charge in [0.1, 0.15) is 6.04 Å². The monoisotopic (exact) mass is 283 g/mol. The molecule has 5 nitrogen and oxygen atoms in total. The van der Waals surface area contributed by atoms with Gasteiger partial charge in [-0.2, -0.15) is 4.98 Å². The van der Waals surface area contributed by atoms with E-state index in [1.807, 2.05) is 35.2 Å². The maximum atomic E-state index is 12.2. The minimum Gasteiger partial charge on any atom is -0.337 e. The second-order valence-corrected chi connectivity index (χ2v) is 5.83. The number of rotatable bonds is 4. The highest BCUT2D eigenvalue weighted by Gasteiger charge is 2.37. The molecule has 2 heterocycles. The molecular weight excluding hydrogens is 266 g/mol. The Kier molecular flexibility index (Phi) is 2.98. The van der Waals surface area contributed by atoms with Crippen LogP contribution in [0.2, 0.25) is 0 Å². The number of aromatic nitrogens is 2. The Balaban J connectivity index is 1.56. The van der Waals surface area contributed by atoms with Crippen LogP contribution in [0.3, 0.4) is 0 Å². The predicted octanol–water partition coefficient (Wildman–Crippen LogP) is 2.81. The van der Waals surface area contributed by atoms with Crippen molar-refractivity contribution in [3.05, 3.63) is 47.6 Å². The highest BCUT2D eigenvalue weighted by molar-refractivity contribution is 5.78. The molecule has 4 rings (SSSR count). The molecule has 0 bridgehead atoms. The fourth-order valence-corrected chi connectivity index (χ4v) is 2.86. The zero-order valence-electron chi connectivity index (χ0n) is 11.7. The van der Waals surface area contributed by atoms with E-state index in [2.05, 4.69) is 10.1 Å². The molecule has 1 amide bonds. The summed E-state index contributed by atoms with van der Waals surface area (Å²) in [4.78, 5) is 18.5. The molecule has 0 unspecified atom stereocenters. The molecular formula is C16H17N3O2. The topological polar surface area (TPSA) is 59.2 Å². The molecule has 2 aromatic rings. The lowest BCUT2D eigenvalue weighted by molar-refractivity contribution is -0.129. The molecule has 0 N–H and O–H groups in total. The lowest BCUT2D eigenvalue weighted by atomic mass is 10.2. The predicted molar refractivity (Wildman–Crippen MR) is 75.2 cm³/mol. The van der Waals surface area contributed by atoms with Gasteiger partial charge in [-0.05, 0) is 24.8 Å². The third-order valence-corrected chi connectivity index (χ3v) is 4.21. The number of likely N-dealkylation sites (tertiary alicyclic amines) is 1. The summed E-state index contributed by atoms with van der Waals surface area (Å²) < 4.78 is 5.41.